The van der Waals surface area contributed by atoms with Gasteiger partial charge in [-0.2, -0.15) is 0 Å². The smallest absolute Gasteiger partial charge is 0.120 e. The number of allylic oxidation sites excluding steroid dienone is 1. The van der Waals surface area contributed by atoms with Crippen LogP contribution in [-0.4, -0.2) is 17.3 Å². The highest BCUT2D eigenvalue weighted by Crippen LogP contribution is 2.16. The molecular weight excluding hydrogens is 284 g/mol. The van der Waals surface area contributed by atoms with Crippen LogP contribution < -0.4 is 15.2 Å². The minimum Gasteiger partial charge on any atom is -0.488 e. The summed E-state index contributed by atoms with van der Waals surface area (Å²) < 4.78 is 12.0. The van der Waals surface area contributed by atoms with Gasteiger partial charge in [0, 0.05) is 0 Å². The van der Waals surface area contributed by atoms with Gasteiger partial charge in [-0.15, -0.1) is 0 Å². The average molecular weight is 316 g/mol. The zero-order valence-electron chi connectivity index (χ0n) is 15.9. The normalized spacial score (nSPS) is 17.0. The lowest BCUT2D eigenvalue weighted by Crippen LogP contribution is -2.30. The molecule has 0 aliphatic heterocycles. The second kappa shape index (κ2) is 7.83. The van der Waals surface area contributed by atoms with Crippen molar-refractivity contribution in [1.29, 1.82) is 0 Å². The summed E-state index contributed by atoms with van der Waals surface area (Å²) in [5.41, 5.74) is -0.363. The zero-order valence-corrected chi connectivity index (χ0v) is 15.9. The number of rotatable bonds is 2. The van der Waals surface area contributed by atoms with E-state index < -0.39 is 0 Å². The highest BCUT2D eigenvalue weighted by molar-refractivity contribution is 5.48. The van der Waals surface area contributed by atoms with E-state index in [-0.39, 0.29) is 17.3 Å². The van der Waals surface area contributed by atoms with Crippen molar-refractivity contribution < 1.29 is 9.47 Å². The number of hydrogen-bond acceptors (Lipinski definition) is 2. The third-order valence-electron chi connectivity index (χ3n) is 2.89. The molecule has 23 heavy (non-hydrogen) atoms. The first-order valence-corrected chi connectivity index (χ1v) is 8.50. The maximum absolute atomic E-state index is 6.05. The summed E-state index contributed by atoms with van der Waals surface area (Å²) in [6, 6.07) is 6.20. The summed E-state index contributed by atoms with van der Waals surface area (Å²) in [6.07, 6.45) is 8.38. The molecule has 0 bridgehead atoms. The molecule has 1 atom stereocenters. The predicted molar refractivity (Wildman–Crippen MR) is 100 cm³/mol. The maximum atomic E-state index is 6.05. The first-order chi connectivity index (χ1) is 10.6. The van der Waals surface area contributed by atoms with E-state index in [4.69, 9.17) is 9.47 Å². The minimum absolute atomic E-state index is 0.0209. The monoisotopic (exact) mass is 316 g/mol. The van der Waals surface area contributed by atoms with Crippen molar-refractivity contribution in [2.45, 2.75) is 72.7 Å². The second-order valence-corrected chi connectivity index (χ2v) is 7.42. The number of fused-ring (bicyclic) bond motifs is 1. The summed E-state index contributed by atoms with van der Waals surface area (Å²) in [7, 11) is 0. The first-order valence-electron chi connectivity index (χ1n) is 8.50. The summed E-state index contributed by atoms with van der Waals surface area (Å²) in [5.74, 6) is 0.891. The molecule has 0 heterocycles. The van der Waals surface area contributed by atoms with Gasteiger partial charge in [0.25, 0.3) is 0 Å². The molecule has 0 spiro atoms. The van der Waals surface area contributed by atoms with E-state index in [9.17, 15) is 0 Å². The van der Waals surface area contributed by atoms with Gasteiger partial charge in [0.05, 0.1) is 11.7 Å². The van der Waals surface area contributed by atoms with Crippen molar-refractivity contribution in [2.24, 2.45) is 0 Å². The fourth-order valence-electron chi connectivity index (χ4n) is 2.25. The predicted octanol–water partition coefficient (Wildman–Crippen LogP) is 4.20. The molecule has 0 N–H and O–H groups in total. The third kappa shape index (κ3) is 7.04. The average Bonchev–Trinajstić information content (AvgIpc) is 2.58. The SMILES string of the molecule is CC.CC(C)(C)Oc1ccc2c(c1)=CC(OC(C)(C)C)C=CC=2. The largest absolute Gasteiger partial charge is 0.488 e. The molecule has 2 heteroatoms. The fourth-order valence-corrected chi connectivity index (χ4v) is 2.25. The van der Waals surface area contributed by atoms with Crippen LogP contribution in [0.25, 0.3) is 12.2 Å². The highest BCUT2D eigenvalue weighted by atomic mass is 16.5. The molecule has 1 aliphatic carbocycles. The van der Waals surface area contributed by atoms with Crippen molar-refractivity contribution in [3.05, 3.63) is 40.8 Å². The molecule has 1 aromatic rings. The van der Waals surface area contributed by atoms with E-state index in [1.165, 1.54) is 5.22 Å². The quantitative estimate of drug-likeness (QED) is 0.814. The van der Waals surface area contributed by atoms with Crippen molar-refractivity contribution >= 4 is 12.2 Å². The molecule has 0 aromatic heterocycles. The van der Waals surface area contributed by atoms with Crippen LogP contribution in [-0.2, 0) is 4.74 Å². The lowest BCUT2D eigenvalue weighted by atomic mass is 10.1. The molecule has 2 rings (SSSR count). The standard InChI is InChI=1S/C19H26O2.C2H6/c1-18(2,3)20-16-9-7-8-14-10-11-17(13-15(14)12-16)21-19(4,5)6;1-2/h7-13,16H,1-6H3;1-2H3. The fraction of sp³-hybridized carbons (Fsp3) is 0.524. The molecule has 0 saturated carbocycles. The molecule has 1 unspecified atom stereocenters. The summed E-state index contributed by atoms with van der Waals surface area (Å²) in [6.45, 7) is 16.4. The van der Waals surface area contributed by atoms with Crippen molar-refractivity contribution in [1.82, 2.24) is 0 Å². The van der Waals surface area contributed by atoms with Gasteiger partial charge in [-0.1, -0.05) is 38.1 Å². The Balaban J connectivity index is 0.00000127. The Hall–Kier alpha value is -1.54. The van der Waals surface area contributed by atoms with Crippen LogP contribution in [0.4, 0.5) is 0 Å². The van der Waals surface area contributed by atoms with Gasteiger partial charge < -0.3 is 9.47 Å². The van der Waals surface area contributed by atoms with Crippen LogP contribution in [0.5, 0.6) is 5.75 Å². The Kier molecular flexibility index (Phi) is 6.64. The van der Waals surface area contributed by atoms with Gasteiger partial charge >= 0.3 is 0 Å². The Morgan fingerprint density at radius 3 is 2.09 bits per heavy atom. The van der Waals surface area contributed by atoms with Gasteiger partial charge in [0.2, 0.25) is 0 Å². The molecule has 1 aromatic carbocycles. The Morgan fingerprint density at radius 1 is 0.870 bits per heavy atom. The third-order valence-corrected chi connectivity index (χ3v) is 2.89. The molecule has 0 saturated heterocycles. The van der Waals surface area contributed by atoms with Crippen molar-refractivity contribution in [2.75, 3.05) is 0 Å². The summed E-state index contributed by atoms with van der Waals surface area (Å²) in [4.78, 5) is 0. The highest BCUT2D eigenvalue weighted by Gasteiger charge is 2.16. The number of ether oxygens (including phenoxy) is 2. The van der Waals surface area contributed by atoms with Gasteiger partial charge in [-0.3, -0.25) is 0 Å². The topological polar surface area (TPSA) is 18.5 Å². The van der Waals surface area contributed by atoms with Gasteiger partial charge in [0.1, 0.15) is 11.4 Å². The van der Waals surface area contributed by atoms with Crippen LogP contribution in [0.3, 0.4) is 0 Å². The number of benzene rings is 1. The van der Waals surface area contributed by atoms with Crippen LogP contribution in [0.1, 0.15) is 55.4 Å². The van der Waals surface area contributed by atoms with E-state index >= 15 is 0 Å². The molecule has 1 aliphatic rings. The molecule has 2 nitrogen and oxygen atoms in total. The van der Waals surface area contributed by atoms with Crippen LogP contribution in [0.2, 0.25) is 0 Å². The summed E-state index contributed by atoms with van der Waals surface area (Å²) >= 11 is 0. The van der Waals surface area contributed by atoms with Gasteiger partial charge in [-0.25, -0.2) is 0 Å². The first kappa shape index (κ1) is 19.5. The van der Waals surface area contributed by atoms with Crippen molar-refractivity contribution in [3.8, 4) is 5.75 Å². The molecule has 0 radical (unpaired) electrons. The lowest BCUT2D eigenvalue weighted by Gasteiger charge is -2.23. The van der Waals surface area contributed by atoms with Crippen LogP contribution in [0.15, 0.2) is 30.4 Å². The zero-order chi connectivity index (χ0) is 17.7. The Bertz CT molecular complexity index is 640. The molecule has 128 valence electrons. The Labute approximate surface area is 141 Å². The second-order valence-electron chi connectivity index (χ2n) is 7.42. The maximum Gasteiger partial charge on any atom is 0.120 e. The number of hydrogen-bond donors (Lipinski definition) is 0. The summed E-state index contributed by atoms with van der Waals surface area (Å²) in [5, 5.41) is 2.34. The van der Waals surface area contributed by atoms with Crippen molar-refractivity contribution in [3.63, 3.8) is 0 Å². The van der Waals surface area contributed by atoms with Gasteiger partial charge in [0.15, 0.2) is 0 Å². The van der Waals surface area contributed by atoms with E-state index in [0.29, 0.717) is 0 Å². The molecular formula is C21H32O2. The van der Waals surface area contributed by atoms with E-state index in [1.54, 1.807) is 0 Å². The Morgan fingerprint density at radius 2 is 1.52 bits per heavy atom. The lowest BCUT2D eigenvalue weighted by molar-refractivity contribution is -0.0116. The van der Waals surface area contributed by atoms with Crippen LogP contribution >= 0.6 is 0 Å². The molecule has 0 fully saturated rings. The molecule has 0 amide bonds. The van der Waals surface area contributed by atoms with E-state index in [2.05, 4.69) is 78.0 Å². The van der Waals surface area contributed by atoms with Gasteiger partial charge in [-0.05, 0) is 70.2 Å². The van der Waals surface area contributed by atoms with E-state index in [0.717, 1.165) is 11.0 Å². The minimum atomic E-state index is -0.192. The van der Waals surface area contributed by atoms with Crippen LogP contribution in [0, 0.1) is 0 Å². The van der Waals surface area contributed by atoms with E-state index in [1.807, 2.05) is 19.9 Å².